The van der Waals surface area contributed by atoms with E-state index >= 15 is 0 Å². The molecular formula is C13H20BrClN2O. The lowest BCUT2D eigenvalue weighted by atomic mass is 9.87. The molecular weight excluding hydrogens is 316 g/mol. The molecule has 102 valence electrons. The Kier molecular flexibility index (Phi) is 6.89. The molecule has 3 nitrogen and oxygen atoms in total. The van der Waals surface area contributed by atoms with Crippen molar-refractivity contribution in [1.82, 2.24) is 5.32 Å². The largest absolute Gasteiger partial charge is 0.351 e. The van der Waals surface area contributed by atoms with Gasteiger partial charge in [-0.1, -0.05) is 54.9 Å². The van der Waals surface area contributed by atoms with Crippen LogP contribution in [-0.4, -0.2) is 11.9 Å². The number of carbonyl (C=O) groups excluding carboxylic acids is 1. The third-order valence-electron chi connectivity index (χ3n) is 2.63. The Morgan fingerprint density at radius 1 is 1.39 bits per heavy atom. The van der Waals surface area contributed by atoms with Crippen LogP contribution in [-0.2, 0) is 11.3 Å². The Morgan fingerprint density at radius 3 is 2.44 bits per heavy atom. The van der Waals surface area contributed by atoms with Gasteiger partial charge in [-0.25, -0.2) is 0 Å². The first-order valence-electron chi connectivity index (χ1n) is 5.59. The minimum atomic E-state index is -0.495. The van der Waals surface area contributed by atoms with E-state index in [1.54, 1.807) is 0 Å². The summed E-state index contributed by atoms with van der Waals surface area (Å²) in [6.07, 6.45) is 0. The average molecular weight is 336 g/mol. The number of hydrogen-bond acceptors (Lipinski definition) is 2. The molecule has 0 saturated heterocycles. The second-order valence-electron chi connectivity index (χ2n) is 5.15. The van der Waals surface area contributed by atoms with E-state index in [0.717, 1.165) is 10.0 Å². The van der Waals surface area contributed by atoms with Crippen LogP contribution in [0.25, 0.3) is 0 Å². The van der Waals surface area contributed by atoms with Gasteiger partial charge in [0.1, 0.15) is 0 Å². The van der Waals surface area contributed by atoms with Crippen molar-refractivity contribution in [2.24, 2.45) is 11.1 Å². The third kappa shape index (κ3) is 4.96. The molecule has 0 saturated carbocycles. The molecule has 0 aromatic heterocycles. The van der Waals surface area contributed by atoms with Gasteiger partial charge in [-0.2, -0.15) is 0 Å². The van der Waals surface area contributed by atoms with Crippen molar-refractivity contribution >= 4 is 34.2 Å². The second-order valence-corrected chi connectivity index (χ2v) is 6.01. The quantitative estimate of drug-likeness (QED) is 0.892. The summed E-state index contributed by atoms with van der Waals surface area (Å²) in [5, 5.41) is 2.85. The van der Waals surface area contributed by atoms with E-state index < -0.39 is 6.04 Å². The van der Waals surface area contributed by atoms with Gasteiger partial charge in [0.25, 0.3) is 0 Å². The number of hydrogen-bond donors (Lipinski definition) is 2. The first-order chi connectivity index (χ1) is 7.82. The second kappa shape index (κ2) is 7.12. The molecule has 0 radical (unpaired) electrons. The molecule has 1 rings (SSSR count). The molecule has 1 atom stereocenters. The monoisotopic (exact) mass is 334 g/mol. The molecule has 0 unspecified atom stereocenters. The fraction of sp³-hybridized carbons (Fsp3) is 0.462. The lowest BCUT2D eigenvalue weighted by Crippen LogP contribution is -2.48. The first-order valence-corrected chi connectivity index (χ1v) is 6.38. The summed E-state index contributed by atoms with van der Waals surface area (Å²) in [4.78, 5) is 11.8. The fourth-order valence-corrected chi connectivity index (χ4v) is 1.75. The van der Waals surface area contributed by atoms with Gasteiger partial charge in [0, 0.05) is 11.0 Å². The van der Waals surface area contributed by atoms with Crippen molar-refractivity contribution < 1.29 is 4.79 Å². The summed E-state index contributed by atoms with van der Waals surface area (Å²) in [5.41, 5.74) is 6.69. The molecule has 0 spiro atoms. The van der Waals surface area contributed by atoms with Crippen molar-refractivity contribution in [1.29, 1.82) is 0 Å². The number of amides is 1. The highest BCUT2D eigenvalue weighted by Crippen LogP contribution is 2.18. The molecule has 3 N–H and O–H groups in total. The molecule has 1 aromatic rings. The SMILES string of the molecule is CC(C)(C)[C@H](N)C(=O)NCc1ccccc1Br.Cl. The van der Waals surface area contributed by atoms with Crippen LogP contribution < -0.4 is 11.1 Å². The predicted molar refractivity (Wildman–Crippen MR) is 80.7 cm³/mol. The van der Waals surface area contributed by atoms with Crippen LogP contribution in [0.15, 0.2) is 28.7 Å². The summed E-state index contributed by atoms with van der Waals surface area (Å²) in [5.74, 6) is -0.117. The van der Waals surface area contributed by atoms with E-state index in [1.165, 1.54) is 0 Å². The third-order valence-corrected chi connectivity index (χ3v) is 3.40. The summed E-state index contributed by atoms with van der Waals surface area (Å²) in [6.45, 7) is 6.35. The zero-order valence-electron chi connectivity index (χ0n) is 10.9. The minimum absolute atomic E-state index is 0. The molecule has 0 aliphatic carbocycles. The van der Waals surface area contributed by atoms with Crippen molar-refractivity contribution in [3.8, 4) is 0 Å². The van der Waals surface area contributed by atoms with Crippen LogP contribution in [0.5, 0.6) is 0 Å². The van der Waals surface area contributed by atoms with Crippen LogP contribution in [0.3, 0.4) is 0 Å². The lowest BCUT2D eigenvalue weighted by molar-refractivity contribution is -0.124. The highest BCUT2D eigenvalue weighted by Gasteiger charge is 2.27. The fourth-order valence-electron chi connectivity index (χ4n) is 1.33. The van der Waals surface area contributed by atoms with Crippen molar-refractivity contribution in [3.05, 3.63) is 34.3 Å². The zero-order valence-corrected chi connectivity index (χ0v) is 13.3. The van der Waals surface area contributed by atoms with Gasteiger partial charge in [-0.15, -0.1) is 12.4 Å². The van der Waals surface area contributed by atoms with Crippen molar-refractivity contribution in [3.63, 3.8) is 0 Å². The lowest BCUT2D eigenvalue weighted by Gasteiger charge is -2.25. The van der Waals surface area contributed by atoms with Gasteiger partial charge in [0.05, 0.1) is 6.04 Å². The Bertz CT molecular complexity index is 404. The van der Waals surface area contributed by atoms with Crippen LogP contribution in [0.4, 0.5) is 0 Å². The highest BCUT2D eigenvalue weighted by molar-refractivity contribution is 9.10. The van der Waals surface area contributed by atoms with Crippen LogP contribution in [0, 0.1) is 5.41 Å². The molecule has 18 heavy (non-hydrogen) atoms. The maximum Gasteiger partial charge on any atom is 0.237 e. The normalized spacial score (nSPS) is 12.5. The Morgan fingerprint density at radius 2 is 1.94 bits per heavy atom. The van der Waals surface area contributed by atoms with Crippen LogP contribution in [0.2, 0.25) is 0 Å². The molecule has 5 heteroatoms. The number of nitrogens with one attached hydrogen (secondary N) is 1. The summed E-state index contributed by atoms with van der Waals surface area (Å²) >= 11 is 3.44. The van der Waals surface area contributed by atoms with Crippen LogP contribution >= 0.6 is 28.3 Å². The average Bonchev–Trinajstić information content (AvgIpc) is 2.25. The topological polar surface area (TPSA) is 55.1 Å². The van der Waals surface area contributed by atoms with Gasteiger partial charge >= 0.3 is 0 Å². The summed E-state index contributed by atoms with van der Waals surface area (Å²) in [6, 6.07) is 7.30. The molecule has 0 aliphatic heterocycles. The van der Waals surface area contributed by atoms with Crippen molar-refractivity contribution in [2.45, 2.75) is 33.4 Å². The van der Waals surface area contributed by atoms with E-state index in [4.69, 9.17) is 5.73 Å². The summed E-state index contributed by atoms with van der Waals surface area (Å²) < 4.78 is 0.990. The number of benzene rings is 1. The highest BCUT2D eigenvalue weighted by atomic mass is 79.9. The molecule has 0 fully saturated rings. The molecule has 1 amide bonds. The standard InChI is InChI=1S/C13H19BrN2O.ClH/c1-13(2,3)11(15)12(17)16-8-9-6-4-5-7-10(9)14;/h4-7,11H,8,15H2,1-3H3,(H,16,17);1H/t11-;/m1./s1. The van der Waals surface area contributed by atoms with Gasteiger partial charge in [-0.3, -0.25) is 4.79 Å². The Balaban J connectivity index is 0.00000289. The number of rotatable bonds is 3. The number of halogens is 2. The zero-order chi connectivity index (χ0) is 13.1. The number of nitrogens with two attached hydrogens (primary N) is 1. The summed E-state index contributed by atoms with van der Waals surface area (Å²) in [7, 11) is 0. The maximum atomic E-state index is 11.8. The van der Waals surface area contributed by atoms with E-state index in [0.29, 0.717) is 6.54 Å². The Labute approximate surface area is 123 Å². The first kappa shape index (κ1) is 17.4. The smallest absolute Gasteiger partial charge is 0.237 e. The van der Waals surface area contributed by atoms with E-state index in [2.05, 4.69) is 21.2 Å². The van der Waals surface area contributed by atoms with E-state index in [-0.39, 0.29) is 23.7 Å². The van der Waals surface area contributed by atoms with E-state index in [9.17, 15) is 4.79 Å². The van der Waals surface area contributed by atoms with Crippen molar-refractivity contribution in [2.75, 3.05) is 0 Å². The van der Waals surface area contributed by atoms with Crippen LogP contribution in [0.1, 0.15) is 26.3 Å². The van der Waals surface area contributed by atoms with Gasteiger partial charge in [-0.05, 0) is 17.0 Å². The molecule has 0 heterocycles. The Hall–Kier alpha value is -0.580. The maximum absolute atomic E-state index is 11.8. The van der Waals surface area contributed by atoms with Gasteiger partial charge < -0.3 is 11.1 Å². The minimum Gasteiger partial charge on any atom is -0.351 e. The predicted octanol–water partition coefficient (Wildman–Crippen LogP) is 2.86. The number of carbonyl (C=O) groups is 1. The molecule has 1 aromatic carbocycles. The van der Waals surface area contributed by atoms with Gasteiger partial charge in [0.15, 0.2) is 0 Å². The molecule has 0 bridgehead atoms. The van der Waals surface area contributed by atoms with E-state index in [1.807, 2.05) is 45.0 Å². The van der Waals surface area contributed by atoms with Gasteiger partial charge in [0.2, 0.25) is 5.91 Å². The molecule has 0 aliphatic rings.